The number of hydrogen-bond donors (Lipinski definition) is 2. The fourth-order valence-electron chi connectivity index (χ4n) is 3.74. The number of H-pyrrole nitrogens is 1. The van der Waals surface area contributed by atoms with Crippen molar-refractivity contribution in [1.82, 2.24) is 24.9 Å². The summed E-state index contributed by atoms with van der Waals surface area (Å²) in [7, 11) is 0. The molecule has 4 heterocycles. The van der Waals surface area contributed by atoms with Gasteiger partial charge in [0.25, 0.3) is 11.3 Å². The van der Waals surface area contributed by atoms with E-state index in [1.54, 1.807) is 0 Å². The molecule has 2 aliphatic rings. The van der Waals surface area contributed by atoms with E-state index in [1.165, 1.54) is 36.3 Å². The quantitative estimate of drug-likeness (QED) is 0.848. The second kappa shape index (κ2) is 4.41. The van der Waals surface area contributed by atoms with Gasteiger partial charge in [0, 0.05) is 30.3 Å². The molecule has 4 rings (SSSR count). The van der Waals surface area contributed by atoms with Gasteiger partial charge in [-0.1, -0.05) is 0 Å². The molecule has 2 aromatic rings. The molecule has 0 spiro atoms. The summed E-state index contributed by atoms with van der Waals surface area (Å²) in [6.45, 7) is 1.82. The molecule has 2 bridgehead atoms. The molecule has 2 saturated heterocycles. The number of rotatable bonds is 2. The monoisotopic (exact) mass is 273 g/mol. The van der Waals surface area contributed by atoms with Gasteiger partial charge in [0.05, 0.1) is 0 Å². The van der Waals surface area contributed by atoms with E-state index < -0.39 is 0 Å². The minimum Gasteiger partial charge on any atom is -0.311 e. The van der Waals surface area contributed by atoms with Gasteiger partial charge in [-0.2, -0.15) is 9.50 Å². The Morgan fingerprint density at radius 2 is 2.05 bits per heavy atom. The molecule has 20 heavy (non-hydrogen) atoms. The number of fused-ring (bicyclic) bond motifs is 3. The van der Waals surface area contributed by atoms with Crippen LogP contribution in [0.2, 0.25) is 0 Å². The van der Waals surface area contributed by atoms with Crippen LogP contribution in [-0.2, 0) is 6.42 Å². The Morgan fingerprint density at radius 3 is 2.80 bits per heavy atom. The van der Waals surface area contributed by atoms with Crippen molar-refractivity contribution in [2.75, 3.05) is 0 Å². The first-order valence-corrected chi connectivity index (χ1v) is 7.39. The predicted octanol–water partition coefficient (Wildman–Crippen LogP) is 0.799. The minimum absolute atomic E-state index is 0.0865. The number of nitrogens with one attached hydrogen (secondary N) is 2. The highest BCUT2D eigenvalue weighted by Gasteiger charge is 2.33. The molecular formula is C14H19N5O. The normalized spacial score (nSPS) is 29.1. The van der Waals surface area contributed by atoms with Gasteiger partial charge < -0.3 is 5.32 Å². The zero-order valence-electron chi connectivity index (χ0n) is 11.6. The van der Waals surface area contributed by atoms with Crippen LogP contribution >= 0.6 is 0 Å². The van der Waals surface area contributed by atoms with E-state index in [9.17, 15) is 4.79 Å². The van der Waals surface area contributed by atoms with Gasteiger partial charge in [0.2, 0.25) is 0 Å². The van der Waals surface area contributed by atoms with Crippen molar-refractivity contribution in [3.05, 3.63) is 27.9 Å². The van der Waals surface area contributed by atoms with Crippen molar-refractivity contribution >= 4 is 5.78 Å². The summed E-state index contributed by atoms with van der Waals surface area (Å²) in [5.41, 5.74) is 0.629. The van der Waals surface area contributed by atoms with E-state index in [4.69, 9.17) is 0 Å². The maximum absolute atomic E-state index is 11.9. The average molecular weight is 273 g/mol. The van der Waals surface area contributed by atoms with Gasteiger partial charge >= 0.3 is 0 Å². The van der Waals surface area contributed by atoms with Crippen LogP contribution in [0.15, 0.2) is 10.9 Å². The number of aromatic amines is 1. The maximum atomic E-state index is 11.9. The molecule has 2 aromatic heterocycles. The van der Waals surface area contributed by atoms with Crippen molar-refractivity contribution in [2.45, 2.75) is 51.1 Å². The van der Waals surface area contributed by atoms with Crippen molar-refractivity contribution in [2.24, 2.45) is 5.92 Å². The standard InChI is InChI=1S/C14H19N5O/c1-8-4-13(20)19-14(15-8)17-12(18-19)7-9-5-10-2-3-11(6-9)16-10/h4,9-11,16H,2-3,5-7H2,1H3,(H,15,17,18). The fourth-order valence-corrected chi connectivity index (χ4v) is 3.74. The molecule has 0 aliphatic carbocycles. The number of piperidine rings is 1. The molecule has 6 heteroatoms. The zero-order valence-corrected chi connectivity index (χ0v) is 11.6. The van der Waals surface area contributed by atoms with Gasteiger partial charge in [-0.3, -0.25) is 9.89 Å². The summed E-state index contributed by atoms with van der Waals surface area (Å²) < 4.78 is 1.44. The summed E-state index contributed by atoms with van der Waals surface area (Å²) in [6.07, 6.45) is 5.96. The summed E-state index contributed by atoms with van der Waals surface area (Å²) >= 11 is 0. The second-order valence-electron chi connectivity index (χ2n) is 6.22. The number of aromatic nitrogens is 4. The summed E-state index contributed by atoms with van der Waals surface area (Å²) in [5.74, 6) is 2.03. The highest BCUT2D eigenvalue weighted by molar-refractivity contribution is 5.27. The van der Waals surface area contributed by atoms with Gasteiger partial charge in [-0.15, -0.1) is 0 Å². The molecule has 2 fully saturated rings. The van der Waals surface area contributed by atoms with Crippen LogP contribution in [0.3, 0.4) is 0 Å². The number of aryl methyl sites for hydroxylation is 1. The number of hydrogen-bond acceptors (Lipinski definition) is 4. The molecule has 2 unspecified atom stereocenters. The van der Waals surface area contributed by atoms with Crippen LogP contribution < -0.4 is 10.9 Å². The highest BCUT2D eigenvalue weighted by atomic mass is 16.1. The Hall–Kier alpha value is -1.69. The Morgan fingerprint density at radius 1 is 1.30 bits per heavy atom. The molecular weight excluding hydrogens is 254 g/mol. The molecule has 6 nitrogen and oxygen atoms in total. The van der Waals surface area contributed by atoms with Crippen molar-refractivity contribution in [1.29, 1.82) is 0 Å². The van der Waals surface area contributed by atoms with Gasteiger partial charge in [0.1, 0.15) is 5.82 Å². The van der Waals surface area contributed by atoms with E-state index in [0.717, 1.165) is 12.2 Å². The second-order valence-corrected chi connectivity index (χ2v) is 6.22. The predicted molar refractivity (Wildman–Crippen MR) is 74.7 cm³/mol. The first kappa shape index (κ1) is 12.1. The summed E-state index contributed by atoms with van der Waals surface area (Å²) in [6, 6.07) is 2.90. The van der Waals surface area contributed by atoms with E-state index >= 15 is 0 Å². The third kappa shape index (κ3) is 2.04. The van der Waals surface area contributed by atoms with E-state index in [-0.39, 0.29) is 5.56 Å². The Labute approximate surface area is 116 Å². The fraction of sp³-hybridized carbons (Fsp3) is 0.643. The lowest BCUT2D eigenvalue weighted by atomic mass is 9.89. The molecule has 0 amide bonds. The molecule has 2 N–H and O–H groups in total. The Bertz CT molecular complexity index is 691. The zero-order chi connectivity index (χ0) is 13.7. The van der Waals surface area contributed by atoms with Gasteiger partial charge in [0.15, 0.2) is 0 Å². The molecule has 0 radical (unpaired) electrons. The van der Waals surface area contributed by atoms with Crippen LogP contribution in [0.5, 0.6) is 0 Å². The van der Waals surface area contributed by atoms with E-state index in [0.29, 0.717) is 29.5 Å². The highest BCUT2D eigenvalue weighted by Crippen LogP contribution is 2.32. The molecule has 2 atom stereocenters. The molecule has 2 aliphatic heterocycles. The third-order valence-electron chi connectivity index (χ3n) is 4.56. The van der Waals surface area contributed by atoms with Crippen molar-refractivity contribution < 1.29 is 0 Å². The molecule has 0 aromatic carbocycles. The SMILES string of the molecule is Cc1cc(=O)n2[nH]c(CC3CC4CCC(C3)N4)nc2n1. The van der Waals surface area contributed by atoms with Crippen LogP contribution in [0.4, 0.5) is 0 Å². The first-order chi connectivity index (χ1) is 9.67. The van der Waals surface area contributed by atoms with Gasteiger partial charge in [-0.25, -0.2) is 4.98 Å². The van der Waals surface area contributed by atoms with Crippen LogP contribution in [0.1, 0.15) is 37.2 Å². The smallest absolute Gasteiger partial charge is 0.274 e. The lowest BCUT2D eigenvalue weighted by Crippen LogP contribution is -2.38. The number of nitrogens with zero attached hydrogens (tertiary/aromatic N) is 3. The van der Waals surface area contributed by atoms with Crippen LogP contribution in [0.25, 0.3) is 5.78 Å². The minimum atomic E-state index is -0.0865. The summed E-state index contributed by atoms with van der Waals surface area (Å²) in [4.78, 5) is 20.6. The molecule has 106 valence electrons. The van der Waals surface area contributed by atoms with Gasteiger partial charge in [-0.05, 0) is 38.5 Å². The Kier molecular flexibility index (Phi) is 2.66. The average Bonchev–Trinajstić information content (AvgIpc) is 2.93. The third-order valence-corrected chi connectivity index (χ3v) is 4.56. The summed E-state index contributed by atoms with van der Waals surface area (Å²) in [5, 5.41) is 6.75. The van der Waals surface area contributed by atoms with Crippen molar-refractivity contribution in [3.63, 3.8) is 0 Å². The van der Waals surface area contributed by atoms with E-state index in [2.05, 4.69) is 20.4 Å². The van der Waals surface area contributed by atoms with Crippen LogP contribution in [0, 0.1) is 12.8 Å². The van der Waals surface area contributed by atoms with Crippen molar-refractivity contribution in [3.8, 4) is 0 Å². The maximum Gasteiger partial charge on any atom is 0.274 e. The topological polar surface area (TPSA) is 75.1 Å². The van der Waals surface area contributed by atoms with E-state index in [1.807, 2.05) is 6.92 Å². The molecule has 0 saturated carbocycles. The van der Waals surface area contributed by atoms with Crippen LogP contribution in [-0.4, -0.2) is 31.7 Å². The first-order valence-electron chi connectivity index (χ1n) is 7.39. The lowest BCUT2D eigenvalue weighted by Gasteiger charge is -2.28. The largest absolute Gasteiger partial charge is 0.311 e. The lowest BCUT2D eigenvalue weighted by molar-refractivity contribution is 0.295. The Balaban J connectivity index is 1.60.